The van der Waals surface area contributed by atoms with E-state index in [-0.39, 0.29) is 18.0 Å². The number of para-hydroxylation sites is 1. The van der Waals surface area contributed by atoms with Crippen LogP contribution >= 0.6 is 0 Å². The minimum Gasteiger partial charge on any atom is -0.382 e. The van der Waals surface area contributed by atoms with Crippen LogP contribution in [0.1, 0.15) is 113 Å². The fourth-order valence-corrected chi connectivity index (χ4v) is 10.7. The highest BCUT2D eigenvalue weighted by atomic mass is 15.2. The average molecular weight is 791 g/mol. The van der Waals surface area contributed by atoms with Crippen LogP contribution < -0.4 is 20.4 Å². The van der Waals surface area contributed by atoms with E-state index in [4.69, 9.17) is 0 Å². The maximum Gasteiger partial charge on any atom is 0.0629 e. The molecule has 3 aliphatic carbocycles. The van der Waals surface area contributed by atoms with Crippen LogP contribution in [0.15, 0.2) is 169 Å². The SMILES string of the molecule is C=CC1c2cc(N3c4ccc(C(=C)CC/C=C(C)/C(C)=C(/CCC)NC5C=C6c7ccccc7N(C7=CCCC=C7)C6CC5)cc4C4C=CC=C[C@H]43)ccc2NC1/C=C\C. The van der Waals surface area contributed by atoms with Crippen LogP contribution in [0.25, 0.3) is 11.1 Å². The van der Waals surface area contributed by atoms with E-state index in [0.717, 1.165) is 51.4 Å². The van der Waals surface area contributed by atoms with Gasteiger partial charge in [0, 0.05) is 57.6 Å². The number of anilines is 4. The lowest BCUT2D eigenvalue weighted by molar-refractivity contribution is 0.530. The van der Waals surface area contributed by atoms with Crippen LogP contribution in [-0.2, 0) is 0 Å². The van der Waals surface area contributed by atoms with Crippen molar-refractivity contribution in [3.05, 3.63) is 192 Å². The van der Waals surface area contributed by atoms with Crippen LogP contribution in [-0.4, -0.2) is 24.2 Å². The van der Waals surface area contributed by atoms with Gasteiger partial charge in [0.1, 0.15) is 0 Å². The third-order valence-corrected chi connectivity index (χ3v) is 13.8. The Hall–Kier alpha value is -5.74. The Morgan fingerprint density at radius 1 is 0.933 bits per heavy atom. The van der Waals surface area contributed by atoms with Crippen molar-refractivity contribution in [2.45, 2.75) is 115 Å². The lowest BCUT2D eigenvalue weighted by atomic mass is 9.88. The van der Waals surface area contributed by atoms with Crippen LogP contribution in [0.3, 0.4) is 0 Å². The van der Waals surface area contributed by atoms with Gasteiger partial charge in [0.2, 0.25) is 0 Å². The number of nitrogens with zero attached hydrogens (tertiary/aromatic N) is 2. The monoisotopic (exact) mass is 790 g/mol. The van der Waals surface area contributed by atoms with E-state index in [1.54, 1.807) is 0 Å². The Balaban J connectivity index is 0.895. The Morgan fingerprint density at radius 3 is 2.62 bits per heavy atom. The second-order valence-electron chi connectivity index (χ2n) is 17.5. The van der Waals surface area contributed by atoms with Crippen molar-refractivity contribution in [1.82, 2.24) is 5.32 Å². The van der Waals surface area contributed by atoms with E-state index in [1.165, 1.54) is 78.7 Å². The quantitative estimate of drug-likeness (QED) is 0.133. The molecule has 0 fully saturated rings. The Labute approximate surface area is 359 Å². The number of hydrogen-bond donors (Lipinski definition) is 2. The number of rotatable bonds is 13. The molecular weight excluding hydrogens is 729 g/mol. The van der Waals surface area contributed by atoms with Crippen molar-refractivity contribution in [3.8, 4) is 0 Å². The molecule has 9 rings (SSSR count). The van der Waals surface area contributed by atoms with E-state index in [2.05, 4.69) is 195 Å². The van der Waals surface area contributed by atoms with Gasteiger partial charge in [-0.3, -0.25) is 0 Å². The Morgan fingerprint density at radius 2 is 1.80 bits per heavy atom. The van der Waals surface area contributed by atoms with Gasteiger partial charge in [-0.1, -0.05) is 117 Å². The summed E-state index contributed by atoms with van der Waals surface area (Å²) >= 11 is 0. The molecule has 2 N–H and O–H groups in total. The van der Waals surface area contributed by atoms with Gasteiger partial charge in [0.25, 0.3) is 0 Å². The molecule has 5 unspecified atom stereocenters. The van der Waals surface area contributed by atoms with Crippen LogP contribution in [0.4, 0.5) is 22.7 Å². The Kier molecular flexibility index (Phi) is 11.3. The van der Waals surface area contributed by atoms with Gasteiger partial charge in [-0.25, -0.2) is 0 Å². The molecule has 0 spiro atoms. The van der Waals surface area contributed by atoms with Crippen molar-refractivity contribution in [2.24, 2.45) is 0 Å². The number of hydrogen-bond acceptors (Lipinski definition) is 4. The van der Waals surface area contributed by atoms with Crippen molar-refractivity contribution < 1.29 is 0 Å². The van der Waals surface area contributed by atoms with Crippen LogP contribution in [0.5, 0.6) is 0 Å². The number of benzene rings is 3. The molecule has 60 heavy (non-hydrogen) atoms. The third kappa shape index (κ3) is 7.29. The van der Waals surface area contributed by atoms with E-state index in [1.807, 2.05) is 0 Å². The van der Waals surface area contributed by atoms with E-state index in [0.29, 0.717) is 18.0 Å². The maximum absolute atomic E-state index is 4.63. The summed E-state index contributed by atoms with van der Waals surface area (Å²) in [5, 5.41) is 7.76. The second-order valence-corrected chi connectivity index (χ2v) is 17.5. The van der Waals surface area contributed by atoms with Gasteiger partial charge in [-0.15, -0.1) is 6.58 Å². The molecule has 0 amide bonds. The fraction of sp³-hybridized carbons (Fsp3) is 0.321. The second kappa shape index (κ2) is 17.1. The van der Waals surface area contributed by atoms with Gasteiger partial charge in [-0.2, -0.15) is 0 Å². The van der Waals surface area contributed by atoms with Crippen molar-refractivity contribution in [1.29, 1.82) is 0 Å². The van der Waals surface area contributed by atoms with Crippen LogP contribution in [0, 0.1) is 0 Å². The molecule has 4 nitrogen and oxygen atoms in total. The van der Waals surface area contributed by atoms with Gasteiger partial charge in [0.05, 0.1) is 18.1 Å². The highest BCUT2D eigenvalue weighted by Crippen LogP contribution is 2.51. The number of fused-ring (bicyclic) bond motifs is 7. The molecule has 3 aromatic rings. The largest absolute Gasteiger partial charge is 0.382 e. The molecule has 3 aromatic carbocycles. The average Bonchev–Trinajstić information content (AvgIpc) is 3.92. The summed E-state index contributed by atoms with van der Waals surface area (Å²) < 4.78 is 0. The first-order chi connectivity index (χ1) is 29.4. The maximum atomic E-state index is 4.63. The minimum absolute atomic E-state index is 0.240. The predicted molar refractivity (Wildman–Crippen MR) is 258 cm³/mol. The first kappa shape index (κ1) is 39.7. The molecule has 0 saturated carbocycles. The molecule has 0 aromatic heterocycles. The lowest BCUT2D eigenvalue weighted by Crippen LogP contribution is -2.37. The lowest BCUT2D eigenvalue weighted by Gasteiger charge is -2.34. The molecule has 0 bridgehead atoms. The molecule has 0 saturated heterocycles. The zero-order valence-electron chi connectivity index (χ0n) is 36.1. The predicted octanol–water partition coefficient (Wildman–Crippen LogP) is 14.1. The van der Waals surface area contributed by atoms with Gasteiger partial charge in [0.15, 0.2) is 0 Å². The summed E-state index contributed by atoms with van der Waals surface area (Å²) in [6.07, 6.45) is 36.3. The minimum atomic E-state index is 0.240. The smallest absolute Gasteiger partial charge is 0.0629 e. The fourth-order valence-electron chi connectivity index (χ4n) is 10.7. The standard InChI is InChI=1S/C56H62N4/c1-7-18-50(57-41-29-33-56-49(35-41)46-25-14-15-26-53(46)59(56)42-22-11-10-12-23-42)39(6)37(4)20-17-21-38(5)40-28-32-55-48(34-40)45-24-13-16-27-54(45)60(55)43-30-31-52-47(36-43)44(9-3)51(58-52)19-8-2/h8-9,11,13-16,19-20,22-28,30-32,34-36,41,44-45,51,54,56-58H,3,5,7,10,12,17-18,21,29,33H2,1-2,4,6H3/b19-8-,37-20+,50-39-/t41?,44?,45?,51?,54-,56?/m1/s1. The summed E-state index contributed by atoms with van der Waals surface area (Å²) in [5.41, 5.74) is 18.6. The van der Waals surface area contributed by atoms with Gasteiger partial charge in [-0.05, 0) is 142 Å². The van der Waals surface area contributed by atoms with E-state index >= 15 is 0 Å². The van der Waals surface area contributed by atoms with Crippen molar-refractivity contribution >= 4 is 33.9 Å². The first-order valence-electron chi connectivity index (χ1n) is 22.6. The summed E-state index contributed by atoms with van der Waals surface area (Å²) in [5.74, 6) is 0.545. The zero-order chi connectivity index (χ0) is 41.3. The summed E-state index contributed by atoms with van der Waals surface area (Å²) in [6, 6.07) is 24.2. The normalized spacial score (nSPS) is 25.2. The molecule has 4 heteroatoms. The summed E-state index contributed by atoms with van der Waals surface area (Å²) in [6.45, 7) is 17.8. The zero-order valence-corrected chi connectivity index (χ0v) is 36.1. The summed E-state index contributed by atoms with van der Waals surface area (Å²) in [4.78, 5) is 5.14. The molecule has 306 valence electrons. The number of nitrogens with one attached hydrogen (secondary N) is 2. The van der Waals surface area contributed by atoms with Gasteiger partial charge >= 0.3 is 0 Å². The molecule has 3 heterocycles. The van der Waals surface area contributed by atoms with Crippen molar-refractivity contribution in [2.75, 3.05) is 15.1 Å². The highest BCUT2D eigenvalue weighted by Gasteiger charge is 2.40. The molecule has 6 aliphatic rings. The van der Waals surface area contributed by atoms with E-state index < -0.39 is 0 Å². The highest BCUT2D eigenvalue weighted by molar-refractivity contribution is 5.91. The van der Waals surface area contributed by atoms with Crippen LogP contribution in [0.2, 0.25) is 0 Å². The molecule has 3 aliphatic heterocycles. The van der Waals surface area contributed by atoms with E-state index in [9.17, 15) is 0 Å². The number of allylic oxidation sites excluding steroid dienone is 11. The first-order valence-corrected chi connectivity index (χ1v) is 22.6. The Bertz CT molecular complexity index is 2430. The molecule has 6 atom stereocenters. The summed E-state index contributed by atoms with van der Waals surface area (Å²) in [7, 11) is 0. The third-order valence-electron chi connectivity index (χ3n) is 13.8. The molecule has 0 radical (unpaired) electrons. The van der Waals surface area contributed by atoms with Gasteiger partial charge < -0.3 is 20.4 Å². The topological polar surface area (TPSA) is 30.5 Å². The van der Waals surface area contributed by atoms with Crippen molar-refractivity contribution in [3.63, 3.8) is 0 Å². The molecular formula is C56H62N4.